The first-order valence-corrected chi connectivity index (χ1v) is 5.46. The molecule has 2 nitrogen and oxygen atoms in total. The summed E-state index contributed by atoms with van der Waals surface area (Å²) in [4.78, 5) is 11.7. The summed E-state index contributed by atoms with van der Waals surface area (Å²) in [6.07, 6.45) is 1.53. The number of benzene rings is 1. The Morgan fingerprint density at radius 1 is 1.41 bits per heavy atom. The molecule has 0 amide bonds. The maximum Gasteiger partial charge on any atom is 0.153 e. The van der Waals surface area contributed by atoms with Crippen LogP contribution in [-0.4, -0.2) is 5.78 Å². The van der Waals surface area contributed by atoms with Gasteiger partial charge >= 0.3 is 0 Å². The third-order valence-corrected chi connectivity index (χ3v) is 3.26. The summed E-state index contributed by atoms with van der Waals surface area (Å²) in [7, 11) is 0. The van der Waals surface area contributed by atoms with Crippen LogP contribution in [0.2, 0.25) is 0 Å². The normalized spacial score (nSPS) is 23.7. The van der Waals surface area contributed by atoms with Crippen molar-refractivity contribution < 1.29 is 13.6 Å². The van der Waals surface area contributed by atoms with Crippen molar-refractivity contribution in [2.45, 2.75) is 25.7 Å². The van der Waals surface area contributed by atoms with Crippen molar-refractivity contribution in [2.75, 3.05) is 0 Å². The predicted octanol–water partition coefficient (Wildman–Crippen LogP) is 2.77. The molecule has 17 heavy (non-hydrogen) atoms. The fraction of sp³-hybridized carbons (Fsp3) is 0.385. The highest BCUT2D eigenvalue weighted by molar-refractivity contribution is 5.89. The van der Waals surface area contributed by atoms with Crippen molar-refractivity contribution >= 4 is 5.78 Å². The highest BCUT2D eigenvalue weighted by Gasteiger charge is 2.42. The summed E-state index contributed by atoms with van der Waals surface area (Å²) in [5.41, 5.74) is -0.887. The molecule has 2 rings (SSSR count). The van der Waals surface area contributed by atoms with Crippen molar-refractivity contribution in [3.05, 3.63) is 35.4 Å². The van der Waals surface area contributed by atoms with Gasteiger partial charge in [0.2, 0.25) is 0 Å². The van der Waals surface area contributed by atoms with E-state index in [-0.39, 0.29) is 17.8 Å². The average Bonchev–Trinajstić information content (AvgIpc) is 2.65. The van der Waals surface area contributed by atoms with Gasteiger partial charge in [-0.1, -0.05) is 6.07 Å². The minimum Gasteiger partial charge on any atom is -0.298 e. The average molecular weight is 235 g/mol. The van der Waals surface area contributed by atoms with E-state index < -0.39 is 17.0 Å². The number of ketones is 1. The van der Waals surface area contributed by atoms with Gasteiger partial charge in [0.05, 0.1) is 6.07 Å². The van der Waals surface area contributed by atoms with E-state index in [2.05, 4.69) is 0 Å². The Morgan fingerprint density at radius 3 is 2.71 bits per heavy atom. The molecule has 1 unspecified atom stereocenters. The van der Waals surface area contributed by atoms with Crippen molar-refractivity contribution in [2.24, 2.45) is 5.41 Å². The van der Waals surface area contributed by atoms with Crippen LogP contribution in [0, 0.1) is 28.4 Å². The fourth-order valence-electron chi connectivity index (χ4n) is 2.26. The van der Waals surface area contributed by atoms with E-state index >= 15 is 0 Å². The van der Waals surface area contributed by atoms with Crippen molar-refractivity contribution in [3.63, 3.8) is 0 Å². The number of nitrogens with zero attached hydrogens (tertiary/aromatic N) is 1. The van der Waals surface area contributed by atoms with Gasteiger partial charge in [-0.2, -0.15) is 5.26 Å². The van der Waals surface area contributed by atoms with Gasteiger partial charge in [-0.05, 0) is 24.5 Å². The molecule has 1 aliphatic carbocycles. The number of halogens is 2. The Labute approximate surface area is 97.9 Å². The van der Waals surface area contributed by atoms with Gasteiger partial charge < -0.3 is 0 Å². The molecule has 0 aromatic heterocycles. The number of rotatable bonds is 2. The van der Waals surface area contributed by atoms with Gasteiger partial charge in [0.1, 0.15) is 17.0 Å². The Balaban J connectivity index is 2.31. The van der Waals surface area contributed by atoms with Gasteiger partial charge in [0.15, 0.2) is 5.78 Å². The summed E-state index contributed by atoms with van der Waals surface area (Å²) >= 11 is 0. The van der Waals surface area contributed by atoms with Gasteiger partial charge in [-0.15, -0.1) is 0 Å². The predicted molar refractivity (Wildman–Crippen MR) is 57.0 cm³/mol. The molecule has 1 saturated carbocycles. The van der Waals surface area contributed by atoms with Crippen molar-refractivity contribution in [1.82, 2.24) is 0 Å². The SMILES string of the molecule is N#CC1(Cc2ccc(F)cc2F)CCCC1=O. The number of carbonyl (C=O) groups excluding carboxylic acids is 1. The highest BCUT2D eigenvalue weighted by Crippen LogP contribution is 2.37. The minimum absolute atomic E-state index is 0.0362. The van der Waals surface area contributed by atoms with E-state index in [0.29, 0.717) is 19.3 Å². The second-order valence-electron chi connectivity index (χ2n) is 4.38. The Kier molecular flexibility index (Phi) is 2.93. The third kappa shape index (κ3) is 2.05. The standard InChI is InChI=1S/C13H11F2NO/c14-10-4-3-9(11(15)6-10)7-13(8-16)5-1-2-12(13)17/h3-4,6H,1-2,5,7H2. The zero-order valence-electron chi connectivity index (χ0n) is 9.17. The van der Waals surface area contributed by atoms with E-state index in [1.807, 2.05) is 6.07 Å². The fourth-order valence-corrected chi connectivity index (χ4v) is 2.26. The molecule has 0 N–H and O–H groups in total. The zero-order valence-corrected chi connectivity index (χ0v) is 9.17. The number of hydrogen-bond donors (Lipinski definition) is 0. The summed E-state index contributed by atoms with van der Waals surface area (Å²) in [5.74, 6) is -1.49. The topological polar surface area (TPSA) is 40.9 Å². The second kappa shape index (κ2) is 4.25. The highest BCUT2D eigenvalue weighted by atomic mass is 19.1. The molecule has 1 aromatic carbocycles. The molecule has 0 radical (unpaired) electrons. The lowest BCUT2D eigenvalue weighted by Crippen LogP contribution is -2.26. The monoisotopic (exact) mass is 235 g/mol. The van der Waals surface area contributed by atoms with Gasteiger partial charge in [0.25, 0.3) is 0 Å². The molecule has 0 aliphatic heterocycles. The molecule has 4 heteroatoms. The van der Waals surface area contributed by atoms with Crippen molar-refractivity contribution in [1.29, 1.82) is 5.26 Å². The summed E-state index contributed by atoms with van der Waals surface area (Å²) in [5, 5.41) is 9.13. The lowest BCUT2D eigenvalue weighted by atomic mass is 9.80. The van der Waals surface area contributed by atoms with Crippen LogP contribution in [0.15, 0.2) is 18.2 Å². The number of nitriles is 1. The lowest BCUT2D eigenvalue weighted by Gasteiger charge is -2.18. The lowest BCUT2D eigenvalue weighted by molar-refractivity contribution is -0.123. The molecular formula is C13H11F2NO. The molecule has 1 aliphatic rings. The van der Waals surface area contributed by atoms with Gasteiger partial charge in [-0.3, -0.25) is 4.79 Å². The largest absolute Gasteiger partial charge is 0.298 e. The van der Waals surface area contributed by atoms with Crippen LogP contribution in [0.25, 0.3) is 0 Å². The Hall–Kier alpha value is -1.76. The van der Waals surface area contributed by atoms with Gasteiger partial charge in [-0.25, -0.2) is 8.78 Å². The van der Waals surface area contributed by atoms with Crippen LogP contribution < -0.4 is 0 Å². The van der Waals surface area contributed by atoms with E-state index in [0.717, 1.165) is 12.1 Å². The zero-order chi connectivity index (χ0) is 12.5. The van der Waals surface area contributed by atoms with Crippen LogP contribution >= 0.6 is 0 Å². The second-order valence-corrected chi connectivity index (χ2v) is 4.38. The quantitative estimate of drug-likeness (QED) is 0.790. The number of Topliss-reactive ketones (excluding diaryl/α,β-unsaturated/α-hetero) is 1. The van der Waals surface area contributed by atoms with Crippen LogP contribution in [-0.2, 0) is 11.2 Å². The van der Waals surface area contributed by atoms with Crippen LogP contribution in [0.5, 0.6) is 0 Å². The first-order chi connectivity index (χ1) is 8.07. The van der Waals surface area contributed by atoms with E-state index in [1.54, 1.807) is 0 Å². The van der Waals surface area contributed by atoms with Crippen molar-refractivity contribution in [3.8, 4) is 6.07 Å². The molecule has 0 spiro atoms. The molecule has 0 heterocycles. The first kappa shape index (κ1) is 11.7. The Morgan fingerprint density at radius 2 is 2.18 bits per heavy atom. The van der Waals surface area contributed by atoms with Crippen LogP contribution in [0.1, 0.15) is 24.8 Å². The molecule has 0 saturated heterocycles. The van der Waals surface area contributed by atoms with Crippen LogP contribution in [0.4, 0.5) is 8.78 Å². The molecule has 1 fully saturated rings. The van der Waals surface area contributed by atoms with Crippen LogP contribution in [0.3, 0.4) is 0 Å². The first-order valence-electron chi connectivity index (χ1n) is 5.46. The molecular weight excluding hydrogens is 224 g/mol. The molecule has 1 atom stereocenters. The van der Waals surface area contributed by atoms with E-state index in [4.69, 9.17) is 5.26 Å². The Bertz CT molecular complexity index is 507. The molecule has 88 valence electrons. The molecule has 0 bridgehead atoms. The minimum atomic E-state index is -1.11. The number of carbonyl (C=O) groups is 1. The third-order valence-electron chi connectivity index (χ3n) is 3.26. The van der Waals surface area contributed by atoms with E-state index in [9.17, 15) is 13.6 Å². The summed E-state index contributed by atoms with van der Waals surface area (Å²) in [6.45, 7) is 0. The maximum atomic E-state index is 13.5. The molecule has 1 aromatic rings. The summed E-state index contributed by atoms with van der Waals surface area (Å²) in [6, 6.07) is 5.23. The summed E-state index contributed by atoms with van der Waals surface area (Å²) < 4.78 is 26.2. The van der Waals surface area contributed by atoms with Gasteiger partial charge in [0, 0.05) is 18.9 Å². The maximum absolute atomic E-state index is 13.5. The number of hydrogen-bond acceptors (Lipinski definition) is 2. The smallest absolute Gasteiger partial charge is 0.153 e. The van der Waals surface area contributed by atoms with E-state index in [1.165, 1.54) is 6.07 Å².